The van der Waals surface area contributed by atoms with Crippen LogP contribution in [0.4, 0.5) is 0 Å². The van der Waals surface area contributed by atoms with Crippen LogP contribution in [-0.4, -0.2) is 71.2 Å². The van der Waals surface area contributed by atoms with E-state index in [-0.39, 0.29) is 5.56 Å². The van der Waals surface area contributed by atoms with E-state index in [1.807, 2.05) is 0 Å². The molecule has 3 heterocycles. The van der Waals surface area contributed by atoms with Crippen LogP contribution >= 0.6 is 11.6 Å². The molecule has 2 aliphatic heterocycles. The zero-order valence-corrected chi connectivity index (χ0v) is 17.9. The summed E-state index contributed by atoms with van der Waals surface area (Å²) in [7, 11) is -3.39. The Morgan fingerprint density at radius 1 is 0.966 bits per heavy atom. The third-order valence-electron chi connectivity index (χ3n) is 5.64. The van der Waals surface area contributed by atoms with Crippen LogP contribution in [0.3, 0.4) is 0 Å². The van der Waals surface area contributed by atoms with Crippen molar-refractivity contribution in [3.63, 3.8) is 0 Å². The molecule has 29 heavy (non-hydrogen) atoms. The molecule has 2 aliphatic rings. The number of aromatic amines is 1. The largest absolute Gasteiger partial charge is 0.309 e. The van der Waals surface area contributed by atoms with Gasteiger partial charge < -0.3 is 4.98 Å². The smallest absolute Gasteiger partial charge is 0.282 e. The SMILES string of the molecule is O=c1[nH]c(CN2CCN(S(=O)(=O)N3CCCCCC3)CC2)nc2cc(Cl)ccc12. The molecule has 0 unspecified atom stereocenters. The molecule has 158 valence electrons. The standard InChI is InChI=1S/C19H26ClN5O3S/c20-15-5-6-16-17(13-15)21-18(22-19(16)26)14-23-9-11-25(12-10-23)29(27,28)24-7-3-1-2-4-8-24/h5-6,13H,1-4,7-12,14H2,(H,21,22,26). The van der Waals surface area contributed by atoms with Crippen molar-refractivity contribution in [3.8, 4) is 0 Å². The van der Waals surface area contributed by atoms with E-state index in [1.54, 1.807) is 26.8 Å². The average Bonchev–Trinajstić information content (AvgIpc) is 2.98. The summed E-state index contributed by atoms with van der Waals surface area (Å²) in [6, 6.07) is 5.02. The zero-order valence-electron chi connectivity index (χ0n) is 16.3. The number of hydrogen-bond acceptors (Lipinski definition) is 5. The molecule has 1 aromatic heterocycles. The van der Waals surface area contributed by atoms with E-state index in [1.165, 1.54) is 0 Å². The average molecular weight is 440 g/mol. The number of nitrogens with zero attached hydrogens (tertiary/aromatic N) is 4. The molecule has 0 saturated carbocycles. The Hall–Kier alpha value is -1.52. The fourth-order valence-electron chi connectivity index (χ4n) is 4.00. The van der Waals surface area contributed by atoms with E-state index >= 15 is 0 Å². The molecule has 0 aliphatic carbocycles. The number of benzene rings is 1. The van der Waals surface area contributed by atoms with Crippen LogP contribution in [0.25, 0.3) is 10.9 Å². The first kappa shape index (κ1) is 20.7. The maximum Gasteiger partial charge on any atom is 0.282 e. The monoisotopic (exact) mass is 439 g/mol. The van der Waals surface area contributed by atoms with Crippen molar-refractivity contribution in [2.24, 2.45) is 0 Å². The van der Waals surface area contributed by atoms with Gasteiger partial charge in [0, 0.05) is 44.3 Å². The van der Waals surface area contributed by atoms with Gasteiger partial charge in [-0.1, -0.05) is 24.4 Å². The predicted octanol–water partition coefficient (Wildman–Crippen LogP) is 1.81. The van der Waals surface area contributed by atoms with Gasteiger partial charge >= 0.3 is 0 Å². The number of hydrogen-bond donors (Lipinski definition) is 1. The van der Waals surface area contributed by atoms with Gasteiger partial charge in [0.2, 0.25) is 0 Å². The lowest BCUT2D eigenvalue weighted by Crippen LogP contribution is -2.53. The minimum absolute atomic E-state index is 0.191. The summed E-state index contributed by atoms with van der Waals surface area (Å²) in [6.07, 6.45) is 4.07. The predicted molar refractivity (Wildman–Crippen MR) is 113 cm³/mol. The fourth-order valence-corrected chi connectivity index (χ4v) is 5.84. The van der Waals surface area contributed by atoms with Crippen LogP contribution in [-0.2, 0) is 16.8 Å². The second kappa shape index (κ2) is 8.69. The van der Waals surface area contributed by atoms with Gasteiger partial charge in [-0.3, -0.25) is 9.69 Å². The Bertz CT molecular complexity index is 1030. The molecule has 2 fully saturated rings. The van der Waals surface area contributed by atoms with Crippen LogP contribution in [0.5, 0.6) is 0 Å². The van der Waals surface area contributed by atoms with E-state index in [0.717, 1.165) is 25.7 Å². The summed E-state index contributed by atoms with van der Waals surface area (Å²) in [5.41, 5.74) is 0.377. The van der Waals surface area contributed by atoms with E-state index in [9.17, 15) is 13.2 Å². The van der Waals surface area contributed by atoms with E-state index < -0.39 is 10.2 Å². The van der Waals surface area contributed by atoms with Crippen LogP contribution in [0, 0.1) is 0 Å². The second-order valence-electron chi connectivity index (χ2n) is 7.67. The van der Waals surface area contributed by atoms with E-state index in [4.69, 9.17) is 11.6 Å². The highest BCUT2D eigenvalue weighted by atomic mass is 35.5. The quantitative estimate of drug-likeness (QED) is 0.784. The highest BCUT2D eigenvalue weighted by molar-refractivity contribution is 7.86. The normalized spacial score (nSPS) is 20.7. The molecular formula is C19H26ClN5O3S. The highest BCUT2D eigenvalue weighted by Gasteiger charge is 2.32. The molecule has 0 amide bonds. The van der Waals surface area contributed by atoms with Crippen LogP contribution < -0.4 is 5.56 Å². The van der Waals surface area contributed by atoms with Crippen molar-refractivity contribution in [3.05, 3.63) is 39.4 Å². The number of piperazine rings is 1. The maximum atomic E-state index is 12.9. The van der Waals surface area contributed by atoms with E-state index in [2.05, 4.69) is 14.9 Å². The minimum Gasteiger partial charge on any atom is -0.309 e. The van der Waals surface area contributed by atoms with Gasteiger partial charge in [0.15, 0.2) is 0 Å². The summed E-state index contributed by atoms with van der Waals surface area (Å²) in [5.74, 6) is 0.564. The summed E-state index contributed by atoms with van der Waals surface area (Å²) < 4.78 is 29.1. The lowest BCUT2D eigenvalue weighted by molar-refractivity contribution is 0.171. The third kappa shape index (κ3) is 4.64. The molecular weight excluding hydrogens is 414 g/mol. The van der Waals surface area contributed by atoms with Crippen molar-refractivity contribution < 1.29 is 8.42 Å². The number of halogens is 1. The first-order valence-corrected chi connectivity index (χ1v) is 11.9. The molecule has 0 atom stereocenters. The summed E-state index contributed by atoms with van der Waals surface area (Å²) in [4.78, 5) is 21.7. The fraction of sp³-hybridized carbons (Fsp3) is 0.579. The molecule has 1 N–H and O–H groups in total. The molecule has 2 aromatic rings. The number of nitrogens with one attached hydrogen (secondary N) is 1. The number of rotatable bonds is 4. The maximum absolute atomic E-state index is 12.9. The van der Waals surface area contributed by atoms with Crippen molar-refractivity contribution in [2.75, 3.05) is 39.3 Å². The van der Waals surface area contributed by atoms with Gasteiger partial charge in [0.05, 0.1) is 17.4 Å². The zero-order chi connectivity index (χ0) is 20.4. The van der Waals surface area contributed by atoms with Crippen molar-refractivity contribution >= 4 is 32.7 Å². The topological polar surface area (TPSA) is 89.6 Å². The van der Waals surface area contributed by atoms with Gasteiger partial charge in [0.1, 0.15) is 5.82 Å². The Labute approximate surface area is 175 Å². The Balaban J connectivity index is 1.41. The van der Waals surface area contributed by atoms with Crippen molar-refractivity contribution in [1.29, 1.82) is 0 Å². The van der Waals surface area contributed by atoms with Crippen molar-refractivity contribution in [2.45, 2.75) is 32.2 Å². The third-order valence-corrected chi connectivity index (χ3v) is 7.91. The number of fused-ring (bicyclic) bond motifs is 1. The van der Waals surface area contributed by atoms with Gasteiger partial charge in [-0.25, -0.2) is 4.98 Å². The Kier molecular flexibility index (Phi) is 6.21. The molecule has 0 spiro atoms. The Morgan fingerprint density at radius 2 is 1.62 bits per heavy atom. The lowest BCUT2D eigenvalue weighted by Gasteiger charge is -2.36. The molecule has 4 rings (SSSR count). The summed E-state index contributed by atoms with van der Waals surface area (Å²) >= 11 is 6.02. The molecule has 10 heteroatoms. The van der Waals surface area contributed by atoms with Crippen molar-refractivity contribution in [1.82, 2.24) is 23.5 Å². The molecule has 8 nitrogen and oxygen atoms in total. The Morgan fingerprint density at radius 3 is 2.31 bits per heavy atom. The molecule has 0 bridgehead atoms. The first-order chi connectivity index (χ1) is 13.9. The lowest BCUT2D eigenvalue weighted by atomic mass is 10.2. The number of H-pyrrole nitrogens is 1. The van der Waals surface area contributed by atoms with Gasteiger partial charge in [0.25, 0.3) is 15.8 Å². The van der Waals surface area contributed by atoms with Crippen LogP contribution in [0.15, 0.2) is 23.0 Å². The van der Waals surface area contributed by atoms with Crippen LogP contribution in [0.1, 0.15) is 31.5 Å². The van der Waals surface area contributed by atoms with Gasteiger partial charge in [-0.15, -0.1) is 0 Å². The van der Waals surface area contributed by atoms with E-state index in [0.29, 0.717) is 67.6 Å². The first-order valence-electron chi connectivity index (χ1n) is 10.1. The van der Waals surface area contributed by atoms with Gasteiger partial charge in [-0.05, 0) is 31.0 Å². The summed E-state index contributed by atoms with van der Waals surface area (Å²) in [5, 5.41) is 1.04. The van der Waals surface area contributed by atoms with Crippen LogP contribution in [0.2, 0.25) is 5.02 Å². The molecule has 2 saturated heterocycles. The van der Waals surface area contributed by atoms with Gasteiger partial charge in [-0.2, -0.15) is 17.0 Å². The second-order valence-corrected chi connectivity index (χ2v) is 10.0. The molecule has 1 aromatic carbocycles. The highest BCUT2D eigenvalue weighted by Crippen LogP contribution is 2.19. The minimum atomic E-state index is -3.39. The summed E-state index contributed by atoms with van der Waals surface area (Å²) in [6.45, 7) is 3.80. The number of aromatic nitrogens is 2. The molecule has 0 radical (unpaired) electrons.